The van der Waals surface area contributed by atoms with E-state index in [4.69, 9.17) is 4.74 Å². The van der Waals surface area contributed by atoms with Crippen LogP contribution in [0.2, 0.25) is 0 Å². The zero-order chi connectivity index (χ0) is 18.9. The third-order valence-electron chi connectivity index (χ3n) is 4.70. The normalized spacial score (nSPS) is 26.0. The Hall–Kier alpha value is -1.75. The second kappa shape index (κ2) is 7.47. The second-order valence-electron chi connectivity index (χ2n) is 6.71. The van der Waals surface area contributed by atoms with Gasteiger partial charge in [0.1, 0.15) is 5.69 Å². The summed E-state index contributed by atoms with van der Waals surface area (Å²) in [6, 6.07) is 6.55. The molecular formula is C16H24N4O5S. The van der Waals surface area contributed by atoms with Gasteiger partial charge in [-0.25, -0.2) is 0 Å². The van der Waals surface area contributed by atoms with Crippen LogP contribution >= 0.6 is 0 Å². The molecule has 0 amide bonds. The van der Waals surface area contributed by atoms with Crippen LogP contribution in [0.3, 0.4) is 0 Å². The molecule has 0 spiro atoms. The maximum absolute atomic E-state index is 12.9. The number of hydrogen-bond donors (Lipinski definition) is 0. The molecule has 2 fully saturated rings. The van der Waals surface area contributed by atoms with Gasteiger partial charge < -0.3 is 9.64 Å². The van der Waals surface area contributed by atoms with E-state index in [9.17, 15) is 18.5 Å². The van der Waals surface area contributed by atoms with E-state index in [1.54, 1.807) is 18.2 Å². The first-order valence-corrected chi connectivity index (χ1v) is 10.1. The van der Waals surface area contributed by atoms with Crippen LogP contribution in [0.1, 0.15) is 13.8 Å². The summed E-state index contributed by atoms with van der Waals surface area (Å²) in [6.07, 6.45) is -0.274. The topological polar surface area (TPSA) is 96.2 Å². The lowest BCUT2D eigenvalue weighted by Gasteiger charge is -2.40. The molecule has 2 aliphatic rings. The van der Waals surface area contributed by atoms with Crippen molar-refractivity contribution in [2.45, 2.75) is 26.1 Å². The number of para-hydroxylation sites is 2. The predicted molar refractivity (Wildman–Crippen MR) is 97.4 cm³/mol. The van der Waals surface area contributed by atoms with Gasteiger partial charge in [0.25, 0.3) is 15.9 Å². The van der Waals surface area contributed by atoms with E-state index in [1.807, 2.05) is 18.7 Å². The number of nitro benzene ring substituents is 1. The Balaban J connectivity index is 1.69. The lowest BCUT2D eigenvalue weighted by Crippen LogP contribution is -2.57. The number of nitrogens with zero attached hydrogens (tertiary/aromatic N) is 4. The number of piperazine rings is 1. The lowest BCUT2D eigenvalue weighted by atomic mass is 10.2. The maximum atomic E-state index is 12.9. The molecule has 26 heavy (non-hydrogen) atoms. The summed E-state index contributed by atoms with van der Waals surface area (Å²) >= 11 is 0. The molecule has 0 unspecified atom stereocenters. The van der Waals surface area contributed by atoms with Crippen LogP contribution in [0.15, 0.2) is 24.3 Å². The van der Waals surface area contributed by atoms with E-state index >= 15 is 0 Å². The van der Waals surface area contributed by atoms with Crippen LogP contribution in [0.4, 0.5) is 11.4 Å². The fraction of sp³-hybridized carbons (Fsp3) is 0.625. The minimum atomic E-state index is -3.56. The first-order chi connectivity index (χ1) is 12.3. The first-order valence-electron chi connectivity index (χ1n) is 8.68. The third kappa shape index (κ3) is 3.83. The van der Waals surface area contributed by atoms with Crippen LogP contribution in [0, 0.1) is 10.1 Å². The highest BCUT2D eigenvalue weighted by molar-refractivity contribution is 7.86. The van der Waals surface area contributed by atoms with Crippen molar-refractivity contribution in [1.82, 2.24) is 8.61 Å². The minimum absolute atomic E-state index is 0.0413. The molecule has 0 aliphatic carbocycles. The Morgan fingerprint density at radius 2 is 1.62 bits per heavy atom. The summed E-state index contributed by atoms with van der Waals surface area (Å²) in [5.41, 5.74) is 0.572. The fourth-order valence-corrected chi connectivity index (χ4v) is 5.28. The average molecular weight is 384 g/mol. The molecule has 9 nitrogen and oxygen atoms in total. The van der Waals surface area contributed by atoms with Gasteiger partial charge in [0, 0.05) is 45.3 Å². The molecule has 2 atom stereocenters. The molecule has 2 saturated heterocycles. The second-order valence-corrected chi connectivity index (χ2v) is 8.64. The van der Waals surface area contributed by atoms with Gasteiger partial charge in [0.05, 0.1) is 17.1 Å². The van der Waals surface area contributed by atoms with Crippen molar-refractivity contribution in [3.05, 3.63) is 34.4 Å². The number of benzene rings is 1. The zero-order valence-corrected chi connectivity index (χ0v) is 15.8. The highest BCUT2D eigenvalue weighted by atomic mass is 32.2. The Bertz CT molecular complexity index is 754. The maximum Gasteiger partial charge on any atom is 0.292 e. The average Bonchev–Trinajstić information content (AvgIpc) is 2.61. The minimum Gasteiger partial charge on any atom is -0.373 e. The molecule has 0 aromatic heterocycles. The van der Waals surface area contributed by atoms with Crippen molar-refractivity contribution >= 4 is 21.6 Å². The number of ether oxygens (including phenoxy) is 1. The van der Waals surface area contributed by atoms with Crippen LogP contribution in [0.5, 0.6) is 0 Å². The molecule has 0 bridgehead atoms. The molecule has 3 rings (SSSR count). The number of hydrogen-bond acceptors (Lipinski definition) is 6. The Morgan fingerprint density at radius 3 is 2.19 bits per heavy atom. The molecule has 1 aromatic carbocycles. The summed E-state index contributed by atoms with van der Waals surface area (Å²) in [6.45, 7) is 5.85. The van der Waals surface area contributed by atoms with E-state index in [0.29, 0.717) is 45.0 Å². The molecule has 1 aromatic rings. The zero-order valence-electron chi connectivity index (χ0n) is 14.9. The lowest BCUT2D eigenvalue weighted by molar-refractivity contribution is -0.384. The quantitative estimate of drug-likeness (QED) is 0.569. The Kier molecular flexibility index (Phi) is 5.47. The largest absolute Gasteiger partial charge is 0.373 e. The van der Waals surface area contributed by atoms with Crippen molar-refractivity contribution in [3.8, 4) is 0 Å². The number of rotatable bonds is 4. The molecule has 10 heteroatoms. The van der Waals surface area contributed by atoms with E-state index in [0.717, 1.165) is 0 Å². The Morgan fingerprint density at radius 1 is 1.04 bits per heavy atom. The van der Waals surface area contributed by atoms with Gasteiger partial charge in [-0.3, -0.25) is 10.1 Å². The van der Waals surface area contributed by atoms with E-state index in [1.165, 1.54) is 14.7 Å². The molecule has 144 valence electrons. The van der Waals surface area contributed by atoms with Crippen molar-refractivity contribution in [2.75, 3.05) is 44.2 Å². The summed E-state index contributed by atoms with van der Waals surface area (Å²) in [7, 11) is -3.56. The molecule has 2 heterocycles. The molecule has 0 saturated carbocycles. The van der Waals surface area contributed by atoms with Crippen molar-refractivity contribution in [1.29, 1.82) is 0 Å². The standard InChI is InChI=1S/C16H24N4O5S/c1-13-11-19(12-14(2)25-13)26(23,24)18-9-7-17(8-10-18)15-5-3-4-6-16(15)20(21)22/h3-6,13-14H,7-12H2,1-2H3/t13-,14-/m1/s1. The Labute approximate surface area is 153 Å². The van der Waals surface area contributed by atoms with Gasteiger partial charge in [-0.15, -0.1) is 0 Å². The van der Waals surface area contributed by atoms with Gasteiger partial charge in [0.2, 0.25) is 0 Å². The first kappa shape index (κ1) is 19.0. The van der Waals surface area contributed by atoms with Crippen LogP contribution in [0.25, 0.3) is 0 Å². The van der Waals surface area contributed by atoms with Gasteiger partial charge in [-0.2, -0.15) is 17.0 Å². The van der Waals surface area contributed by atoms with Crippen LogP contribution in [-0.2, 0) is 14.9 Å². The number of anilines is 1. The van der Waals surface area contributed by atoms with Crippen molar-refractivity contribution < 1.29 is 18.1 Å². The van der Waals surface area contributed by atoms with E-state index in [2.05, 4.69) is 0 Å². The molecule has 0 radical (unpaired) electrons. The summed E-state index contributed by atoms with van der Waals surface area (Å²) < 4.78 is 34.4. The number of morpholine rings is 1. The van der Waals surface area contributed by atoms with Gasteiger partial charge in [-0.05, 0) is 19.9 Å². The van der Waals surface area contributed by atoms with Gasteiger partial charge in [-0.1, -0.05) is 12.1 Å². The predicted octanol–water partition coefficient (Wildman–Crippen LogP) is 1.07. The highest BCUT2D eigenvalue weighted by Gasteiger charge is 2.37. The van der Waals surface area contributed by atoms with Gasteiger partial charge in [0.15, 0.2) is 0 Å². The fourth-order valence-electron chi connectivity index (χ4n) is 3.53. The van der Waals surface area contributed by atoms with Crippen LogP contribution in [-0.4, -0.2) is 73.4 Å². The van der Waals surface area contributed by atoms with Crippen molar-refractivity contribution in [2.24, 2.45) is 0 Å². The highest BCUT2D eigenvalue weighted by Crippen LogP contribution is 2.29. The smallest absolute Gasteiger partial charge is 0.292 e. The van der Waals surface area contributed by atoms with E-state index < -0.39 is 15.1 Å². The SMILES string of the molecule is C[C@@H]1CN(S(=O)(=O)N2CCN(c3ccccc3[N+](=O)[O-])CC2)C[C@@H](C)O1. The van der Waals surface area contributed by atoms with Crippen molar-refractivity contribution in [3.63, 3.8) is 0 Å². The molecule has 2 aliphatic heterocycles. The molecular weight excluding hydrogens is 360 g/mol. The molecule has 0 N–H and O–H groups in total. The summed E-state index contributed by atoms with van der Waals surface area (Å²) in [4.78, 5) is 12.7. The summed E-state index contributed by atoms with van der Waals surface area (Å²) in [5.74, 6) is 0. The van der Waals surface area contributed by atoms with E-state index in [-0.39, 0.29) is 17.9 Å². The third-order valence-corrected chi connectivity index (χ3v) is 6.66. The van der Waals surface area contributed by atoms with Crippen LogP contribution < -0.4 is 4.90 Å². The number of nitro groups is 1. The monoisotopic (exact) mass is 384 g/mol. The summed E-state index contributed by atoms with van der Waals surface area (Å²) in [5, 5.41) is 11.2. The van der Waals surface area contributed by atoms with Gasteiger partial charge >= 0.3 is 0 Å².